The Morgan fingerprint density at radius 1 is 1.38 bits per heavy atom. The summed E-state index contributed by atoms with van der Waals surface area (Å²) in [4.78, 5) is 13.7. The van der Waals surface area contributed by atoms with Crippen LogP contribution in [-0.2, 0) is 11.3 Å². The number of tetrazole rings is 1. The van der Waals surface area contributed by atoms with Gasteiger partial charge in [-0.2, -0.15) is 0 Å². The van der Waals surface area contributed by atoms with Crippen molar-refractivity contribution in [1.82, 2.24) is 25.1 Å². The number of hydrogen-bond donors (Lipinski definition) is 1. The Kier molecular flexibility index (Phi) is 4.84. The van der Waals surface area contributed by atoms with Gasteiger partial charge in [-0.05, 0) is 48.0 Å². The zero-order valence-electron chi connectivity index (χ0n) is 13.5. The SMILES string of the molecule is Cc1nnnn1CCCN1C[C@@H](C(=O)O)[C@H](c2cccc(F)c2)C1. The molecule has 24 heavy (non-hydrogen) atoms. The van der Waals surface area contributed by atoms with E-state index >= 15 is 0 Å². The summed E-state index contributed by atoms with van der Waals surface area (Å²) in [5.74, 6) is -1.10. The Morgan fingerprint density at radius 2 is 2.21 bits per heavy atom. The third kappa shape index (κ3) is 3.59. The standard InChI is InChI=1S/C16H20FN5O2/c1-11-18-19-20-22(11)7-3-6-21-9-14(15(10-21)16(23)24)12-4-2-5-13(17)8-12/h2,4-5,8,14-15H,3,6-7,9-10H2,1H3,(H,23,24)/t14-,15+/m0/s1. The molecular formula is C16H20FN5O2. The number of rotatable bonds is 6. The lowest BCUT2D eigenvalue weighted by Gasteiger charge is -2.16. The van der Waals surface area contributed by atoms with Crippen molar-refractivity contribution >= 4 is 5.97 Å². The van der Waals surface area contributed by atoms with E-state index < -0.39 is 11.9 Å². The van der Waals surface area contributed by atoms with E-state index in [0.717, 1.165) is 24.4 Å². The molecule has 1 aliphatic rings. The van der Waals surface area contributed by atoms with Gasteiger partial charge in [0.2, 0.25) is 0 Å². The maximum Gasteiger partial charge on any atom is 0.308 e. The fourth-order valence-electron chi connectivity index (χ4n) is 3.29. The number of hydrogen-bond acceptors (Lipinski definition) is 5. The molecule has 0 bridgehead atoms. The minimum atomic E-state index is -0.830. The second-order valence-corrected chi connectivity index (χ2v) is 6.17. The maximum atomic E-state index is 13.5. The number of halogens is 1. The third-order valence-electron chi connectivity index (χ3n) is 4.54. The second-order valence-electron chi connectivity index (χ2n) is 6.17. The average molecular weight is 333 g/mol. The Hall–Kier alpha value is -2.35. The molecule has 8 heteroatoms. The van der Waals surface area contributed by atoms with Gasteiger partial charge in [0.25, 0.3) is 0 Å². The summed E-state index contributed by atoms with van der Waals surface area (Å²) in [5.41, 5.74) is 0.751. The highest BCUT2D eigenvalue weighted by Gasteiger charge is 2.38. The largest absolute Gasteiger partial charge is 0.481 e. The van der Waals surface area contributed by atoms with Crippen molar-refractivity contribution in [2.75, 3.05) is 19.6 Å². The van der Waals surface area contributed by atoms with Crippen molar-refractivity contribution in [2.45, 2.75) is 25.8 Å². The van der Waals surface area contributed by atoms with Crippen molar-refractivity contribution in [3.05, 3.63) is 41.5 Å². The molecule has 2 heterocycles. The van der Waals surface area contributed by atoms with E-state index in [1.807, 2.05) is 6.92 Å². The molecule has 2 atom stereocenters. The maximum absolute atomic E-state index is 13.5. The van der Waals surface area contributed by atoms with Crippen LogP contribution < -0.4 is 0 Å². The Balaban J connectivity index is 1.62. The molecular weight excluding hydrogens is 313 g/mol. The molecule has 1 N–H and O–H groups in total. The van der Waals surface area contributed by atoms with Gasteiger partial charge in [0.1, 0.15) is 11.6 Å². The molecule has 0 unspecified atom stereocenters. The van der Waals surface area contributed by atoms with Crippen LogP contribution in [0.15, 0.2) is 24.3 Å². The van der Waals surface area contributed by atoms with E-state index in [2.05, 4.69) is 20.4 Å². The van der Waals surface area contributed by atoms with Crippen LogP contribution in [0.25, 0.3) is 0 Å². The first-order chi connectivity index (χ1) is 11.5. The number of aliphatic carboxylic acids is 1. The van der Waals surface area contributed by atoms with Gasteiger partial charge in [-0.3, -0.25) is 4.79 Å². The summed E-state index contributed by atoms with van der Waals surface area (Å²) in [6.45, 7) is 4.39. The van der Waals surface area contributed by atoms with E-state index in [1.165, 1.54) is 12.1 Å². The molecule has 7 nitrogen and oxygen atoms in total. The normalized spacial score (nSPS) is 21.2. The predicted octanol–water partition coefficient (Wildman–Crippen LogP) is 1.31. The summed E-state index contributed by atoms with van der Waals surface area (Å²) in [5, 5.41) is 20.8. The molecule has 0 aliphatic carbocycles. The van der Waals surface area contributed by atoms with Gasteiger partial charge in [0.15, 0.2) is 0 Å². The van der Waals surface area contributed by atoms with E-state index in [9.17, 15) is 14.3 Å². The number of carboxylic acid groups (broad SMARTS) is 1. The van der Waals surface area contributed by atoms with Crippen LogP contribution in [0.5, 0.6) is 0 Å². The number of nitrogens with zero attached hydrogens (tertiary/aromatic N) is 5. The lowest BCUT2D eigenvalue weighted by Crippen LogP contribution is -2.25. The predicted molar refractivity (Wildman–Crippen MR) is 83.9 cm³/mol. The van der Waals surface area contributed by atoms with Gasteiger partial charge in [-0.1, -0.05) is 12.1 Å². The Morgan fingerprint density at radius 3 is 2.88 bits per heavy atom. The number of carboxylic acids is 1. The van der Waals surface area contributed by atoms with Crippen LogP contribution in [-0.4, -0.2) is 55.8 Å². The Labute approximate surface area is 139 Å². The summed E-state index contributed by atoms with van der Waals surface area (Å²) in [7, 11) is 0. The monoisotopic (exact) mass is 333 g/mol. The summed E-state index contributed by atoms with van der Waals surface area (Å²) >= 11 is 0. The van der Waals surface area contributed by atoms with E-state index in [1.54, 1.807) is 16.8 Å². The van der Waals surface area contributed by atoms with Crippen molar-refractivity contribution in [1.29, 1.82) is 0 Å². The van der Waals surface area contributed by atoms with E-state index in [4.69, 9.17) is 0 Å². The molecule has 1 aromatic heterocycles. The average Bonchev–Trinajstić information content (AvgIpc) is 3.14. The van der Waals surface area contributed by atoms with Crippen molar-refractivity contribution in [3.8, 4) is 0 Å². The molecule has 128 valence electrons. The van der Waals surface area contributed by atoms with Crippen molar-refractivity contribution < 1.29 is 14.3 Å². The highest BCUT2D eigenvalue weighted by Crippen LogP contribution is 2.33. The van der Waals surface area contributed by atoms with Gasteiger partial charge in [-0.15, -0.1) is 5.10 Å². The van der Waals surface area contributed by atoms with Crippen LogP contribution in [0.1, 0.15) is 23.7 Å². The number of aromatic nitrogens is 4. The topological polar surface area (TPSA) is 84.1 Å². The summed E-state index contributed by atoms with van der Waals surface area (Å²) in [6, 6.07) is 6.25. The Bertz CT molecular complexity index is 720. The molecule has 0 amide bonds. The molecule has 0 radical (unpaired) electrons. The first-order valence-corrected chi connectivity index (χ1v) is 7.98. The van der Waals surface area contributed by atoms with Crippen LogP contribution in [0.3, 0.4) is 0 Å². The van der Waals surface area contributed by atoms with Crippen LogP contribution >= 0.6 is 0 Å². The first kappa shape index (κ1) is 16.5. The van der Waals surface area contributed by atoms with E-state index in [-0.39, 0.29) is 11.7 Å². The number of benzene rings is 1. The highest BCUT2D eigenvalue weighted by atomic mass is 19.1. The lowest BCUT2D eigenvalue weighted by molar-refractivity contribution is -0.141. The number of aryl methyl sites for hydroxylation is 2. The molecule has 0 saturated carbocycles. The molecule has 0 spiro atoms. The molecule has 3 rings (SSSR count). The van der Waals surface area contributed by atoms with Gasteiger partial charge < -0.3 is 10.0 Å². The first-order valence-electron chi connectivity index (χ1n) is 7.98. The van der Waals surface area contributed by atoms with Crippen molar-refractivity contribution in [3.63, 3.8) is 0 Å². The van der Waals surface area contributed by atoms with Crippen LogP contribution in [0, 0.1) is 18.7 Å². The van der Waals surface area contributed by atoms with E-state index in [0.29, 0.717) is 19.6 Å². The number of carbonyl (C=O) groups is 1. The minimum absolute atomic E-state index is 0.187. The fraction of sp³-hybridized carbons (Fsp3) is 0.500. The molecule has 2 aromatic rings. The highest BCUT2D eigenvalue weighted by molar-refractivity contribution is 5.72. The van der Waals surface area contributed by atoms with Gasteiger partial charge in [-0.25, -0.2) is 9.07 Å². The molecule has 1 fully saturated rings. The smallest absolute Gasteiger partial charge is 0.308 e. The third-order valence-corrected chi connectivity index (χ3v) is 4.54. The quantitative estimate of drug-likeness (QED) is 0.858. The van der Waals surface area contributed by atoms with Crippen molar-refractivity contribution in [2.24, 2.45) is 5.92 Å². The molecule has 1 aliphatic heterocycles. The zero-order chi connectivity index (χ0) is 17.1. The molecule has 1 saturated heterocycles. The molecule has 1 aromatic carbocycles. The second kappa shape index (κ2) is 7.04. The summed E-state index contributed by atoms with van der Waals surface area (Å²) < 4.78 is 15.2. The van der Waals surface area contributed by atoms with Gasteiger partial charge in [0.05, 0.1) is 5.92 Å². The summed E-state index contributed by atoms with van der Waals surface area (Å²) in [6.07, 6.45) is 0.827. The lowest BCUT2D eigenvalue weighted by atomic mass is 9.89. The van der Waals surface area contributed by atoms with Gasteiger partial charge >= 0.3 is 5.97 Å². The zero-order valence-corrected chi connectivity index (χ0v) is 13.5. The van der Waals surface area contributed by atoms with Crippen LogP contribution in [0.2, 0.25) is 0 Å². The van der Waals surface area contributed by atoms with Crippen LogP contribution in [0.4, 0.5) is 4.39 Å². The minimum Gasteiger partial charge on any atom is -0.481 e. The van der Waals surface area contributed by atoms with Gasteiger partial charge in [0, 0.05) is 25.6 Å². The number of likely N-dealkylation sites (tertiary alicyclic amines) is 1. The fourth-order valence-corrected chi connectivity index (χ4v) is 3.29.